The maximum atomic E-state index is 10.9. The number of aromatic nitrogens is 1. The van der Waals surface area contributed by atoms with Gasteiger partial charge in [-0.3, -0.25) is 0 Å². The molecule has 0 saturated heterocycles. The highest BCUT2D eigenvalue weighted by molar-refractivity contribution is 7.89. The molecule has 0 fully saturated rings. The first-order valence-electron chi connectivity index (χ1n) is 3.05. The van der Waals surface area contributed by atoms with E-state index in [1.807, 2.05) is 0 Å². The van der Waals surface area contributed by atoms with Crippen LogP contribution >= 0.6 is 0 Å². The zero-order valence-electron chi connectivity index (χ0n) is 6.18. The van der Waals surface area contributed by atoms with Gasteiger partial charge in [-0.05, 0) is 6.07 Å². The van der Waals surface area contributed by atoms with Crippen LogP contribution in [0.3, 0.4) is 0 Å². The van der Waals surface area contributed by atoms with E-state index in [0.717, 1.165) is 17.1 Å². The number of rotatable bonds is 3. The summed E-state index contributed by atoms with van der Waals surface area (Å²) in [4.78, 5) is 13.3. The van der Waals surface area contributed by atoms with E-state index in [2.05, 4.69) is 4.98 Å². The molecule has 0 bridgehead atoms. The van der Waals surface area contributed by atoms with Gasteiger partial charge in [-0.15, -0.1) is 0 Å². The molecule has 0 unspecified atom stereocenters. The molecule has 1 heterocycles. The molecule has 0 aliphatic rings. The molecular formula is C5H6N2O5S. The van der Waals surface area contributed by atoms with Gasteiger partial charge >= 0.3 is 5.97 Å². The van der Waals surface area contributed by atoms with Crippen LogP contribution in [0, 0.1) is 0 Å². The summed E-state index contributed by atoms with van der Waals surface area (Å²) in [5.74, 6) is -1.28. The van der Waals surface area contributed by atoms with Crippen LogP contribution in [-0.4, -0.2) is 29.7 Å². The second kappa shape index (κ2) is 3.17. The summed E-state index contributed by atoms with van der Waals surface area (Å²) in [6.07, 6.45) is 0.960. The lowest BCUT2D eigenvalue weighted by Crippen LogP contribution is -2.18. The summed E-state index contributed by atoms with van der Waals surface area (Å²) >= 11 is 0. The van der Waals surface area contributed by atoms with Gasteiger partial charge < -0.3 is 15.3 Å². The van der Waals surface area contributed by atoms with Crippen molar-refractivity contribution in [1.29, 1.82) is 0 Å². The molecule has 4 N–H and O–H groups in total. The fourth-order valence-electron chi connectivity index (χ4n) is 0.706. The number of hydrogen-bond acceptors (Lipinski definition) is 4. The molecule has 7 nitrogen and oxygen atoms in total. The highest BCUT2D eigenvalue weighted by atomic mass is 32.2. The first-order chi connectivity index (χ1) is 5.97. The molecule has 72 valence electrons. The van der Waals surface area contributed by atoms with E-state index < -0.39 is 16.0 Å². The van der Waals surface area contributed by atoms with Crippen LogP contribution in [0.25, 0.3) is 0 Å². The van der Waals surface area contributed by atoms with Crippen LogP contribution in [0.1, 0.15) is 10.5 Å². The van der Waals surface area contributed by atoms with Gasteiger partial charge in [0.2, 0.25) is 0 Å². The summed E-state index contributed by atoms with van der Waals surface area (Å²) in [6, 6.07) is 0.890. The average Bonchev–Trinajstić information content (AvgIpc) is 2.52. The predicted molar refractivity (Wildman–Crippen MR) is 39.9 cm³/mol. The number of sulfonamides is 1. The van der Waals surface area contributed by atoms with Crippen molar-refractivity contribution in [2.75, 3.05) is 0 Å². The lowest BCUT2D eigenvalue weighted by atomic mass is 10.4. The van der Waals surface area contributed by atoms with Crippen molar-refractivity contribution in [1.82, 2.24) is 9.87 Å². The van der Waals surface area contributed by atoms with Crippen LogP contribution in [0.15, 0.2) is 17.2 Å². The van der Waals surface area contributed by atoms with Gasteiger partial charge in [0.1, 0.15) is 10.6 Å². The Hall–Kier alpha value is -1.38. The number of carbonyl (C=O) groups is 1. The highest BCUT2D eigenvalue weighted by Gasteiger charge is 2.16. The predicted octanol–water partition coefficient (Wildman–Crippen LogP) is -0.620. The Morgan fingerprint density at radius 3 is 2.54 bits per heavy atom. The third-order valence-electron chi connectivity index (χ3n) is 1.32. The minimum absolute atomic E-state index is 0.270. The van der Waals surface area contributed by atoms with Gasteiger partial charge in [-0.25, -0.2) is 13.2 Å². The topological polar surface area (TPSA) is 119 Å². The molecule has 0 atom stereocenters. The summed E-state index contributed by atoms with van der Waals surface area (Å²) in [5.41, 5.74) is -0.270. The molecule has 8 heteroatoms. The standard InChI is InChI=1S/C5H6N2O5S/c8-5(9)4-1-3(2-6-4)13(11,12)7-10/h1-2,6-7,10H,(H,8,9). The fourth-order valence-corrected chi connectivity index (χ4v) is 1.30. The van der Waals surface area contributed by atoms with Crippen LogP contribution in [0.2, 0.25) is 0 Å². The van der Waals surface area contributed by atoms with E-state index in [1.54, 1.807) is 0 Å². The molecule has 1 rings (SSSR count). The van der Waals surface area contributed by atoms with Gasteiger partial charge in [0.15, 0.2) is 0 Å². The van der Waals surface area contributed by atoms with Crippen molar-refractivity contribution in [2.45, 2.75) is 4.90 Å². The number of hydrogen-bond donors (Lipinski definition) is 4. The molecule has 0 amide bonds. The van der Waals surface area contributed by atoms with Gasteiger partial charge in [0, 0.05) is 6.20 Å². The van der Waals surface area contributed by atoms with Crippen LogP contribution in [-0.2, 0) is 10.0 Å². The normalized spacial score (nSPS) is 11.5. The highest BCUT2D eigenvalue weighted by Crippen LogP contribution is 2.09. The molecule has 0 radical (unpaired) electrons. The minimum atomic E-state index is -4.00. The molecule has 0 aliphatic heterocycles. The fraction of sp³-hybridized carbons (Fsp3) is 0. The van der Waals surface area contributed by atoms with Crippen molar-refractivity contribution in [3.8, 4) is 0 Å². The summed E-state index contributed by atoms with van der Waals surface area (Å²) in [6.45, 7) is 0. The monoisotopic (exact) mass is 206 g/mol. The quantitative estimate of drug-likeness (QED) is 0.491. The molecule has 1 aromatic rings. The zero-order valence-corrected chi connectivity index (χ0v) is 7.00. The van der Waals surface area contributed by atoms with Crippen LogP contribution in [0.5, 0.6) is 0 Å². The first-order valence-corrected chi connectivity index (χ1v) is 4.53. The Balaban J connectivity index is 3.13. The van der Waals surface area contributed by atoms with Gasteiger partial charge in [0.05, 0.1) is 0 Å². The molecule has 0 saturated carbocycles. The van der Waals surface area contributed by atoms with E-state index in [-0.39, 0.29) is 10.6 Å². The Morgan fingerprint density at radius 2 is 2.15 bits per heavy atom. The smallest absolute Gasteiger partial charge is 0.352 e. The molecule has 1 aromatic heterocycles. The summed E-state index contributed by atoms with van der Waals surface area (Å²) < 4.78 is 21.7. The Kier molecular flexibility index (Phi) is 2.36. The Bertz CT molecular complexity index is 420. The van der Waals surface area contributed by atoms with Gasteiger partial charge in [0.25, 0.3) is 10.0 Å². The zero-order chi connectivity index (χ0) is 10.1. The number of carboxylic acids is 1. The SMILES string of the molecule is O=C(O)c1cc(S(=O)(=O)NO)c[nH]1. The van der Waals surface area contributed by atoms with Crippen molar-refractivity contribution in [2.24, 2.45) is 0 Å². The third kappa shape index (κ3) is 1.86. The Labute approximate surface area is 73.0 Å². The maximum Gasteiger partial charge on any atom is 0.352 e. The van der Waals surface area contributed by atoms with Gasteiger partial charge in [-0.1, -0.05) is 4.89 Å². The van der Waals surface area contributed by atoms with Crippen LogP contribution < -0.4 is 4.89 Å². The Morgan fingerprint density at radius 1 is 1.54 bits per heavy atom. The second-order valence-corrected chi connectivity index (χ2v) is 3.81. The summed E-state index contributed by atoms with van der Waals surface area (Å²) in [5, 5.41) is 16.6. The lowest BCUT2D eigenvalue weighted by Gasteiger charge is -1.94. The molecule has 0 aliphatic carbocycles. The number of carboxylic acid groups (broad SMARTS) is 1. The number of nitrogens with one attached hydrogen (secondary N) is 2. The van der Waals surface area contributed by atoms with Crippen molar-refractivity contribution < 1.29 is 23.5 Å². The van der Waals surface area contributed by atoms with Crippen molar-refractivity contribution >= 4 is 16.0 Å². The largest absolute Gasteiger partial charge is 0.477 e. The number of H-pyrrole nitrogens is 1. The average molecular weight is 206 g/mol. The third-order valence-corrected chi connectivity index (χ3v) is 2.41. The number of aromatic carboxylic acids is 1. The first kappa shape index (κ1) is 9.71. The van der Waals surface area contributed by atoms with E-state index in [1.165, 1.54) is 0 Å². The minimum Gasteiger partial charge on any atom is -0.477 e. The second-order valence-electron chi connectivity index (χ2n) is 2.15. The molecule has 0 aromatic carbocycles. The van der Waals surface area contributed by atoms with E-state index in [9.17, 15) is 13.2 Å². The molecule has 0 spiro atoms. The van der Waals surface area contributed by atoms with E-state index >= 15 is 0 Å². The number of aromatic amines is 1. The summed E-state index contributed by atoms with van der Waals surface area (Å²) in [7, 11) is -4.00. The van der Waals surface area contributed by atoms with E-state index in [0.29, 0.717) is 0 Å². The molecule has 13 heavy (non-hydrogen) atoms. The molecular weight excluding hydrogens is 200 g/mol. The maximum absolute atomic E-state index is 10.9. The van der Waals surface area contributed by atoms with Crippen LogP contribution in [0.4, 0.5) is 0 Å². The van der Waals surface area contributed by atoms with Crippen molar-refractivity contribution in [3.05, 3.63) is 18.0 Å². The van der Waals surface area contributed by atoms with E-state index in [4.69, 9.17) is 10.3 Å². The van der Waals surface area contributed by atoms with Gasteiger partial charge in [-0.2, -0.15) is 0 Å². The lowest BCUT2D eigenvalue weighted by molar-refractivity contribution is 0.0691. The van der Waals surface area contributed by atoms with Crippen molar-refractivity contribution in [3.63, 3.8) is 0 Å².